The molecule has 1 amide bonds. The normalized spacial score (nSPS) is 10.1. The molecule has 1 aromatic heterocycles. The van der Waals surface area contributed by atoms with Gasteiger partial charge in [-0.3, -0.25) is 9.59 Å². The van der Waals surface area contributed by atoms with Crippen LogP contribution in [0, 0.1) is 6.92 Å². The first-order valence-corrected chi connectivity index (χ1v) is 5.45. The van der Waals surface area contributed by atoms with Gasteiger partial charge in [-0.25, -0.2) is 4.98 Å². The lowest BCUT2D eigenvalue weighted by atomic mass is 10.3. The quantitative estimate of drug-likeness (QED) is 0.718. The van der Waals surface area contributed by atoms with Crippen molar-refractivity contribution in [2.75, 3.05) is 19.7 Å². The number of ether oxygens (including phenoxy) is 1. The molecule has 0 N–H and O–H groups in total. The molecule has 1 heterocycles. The van der Waals surface area contributed by atoms with Gasteiger partial charge in [-0.05, 0) is 20.8 Å². The van der Waals surface area contributed by atoms with Gasteiger partial charge in [0, 0.05) is 6.54 Å². The third kappa shape index (κ3) is 3.30. The van der Waals surface area contributed by atoms with E-state index in [-0.39, 0.29) is 18.2 Å². The summed E-state index contributed by atoms with van der Waals surface area (Å²) >= 11 is 0. The number of esters is 1. The third-order valence-corrected chi connectivity index (χ3v) is 2.23. The van der Waals surface area contributed by atoms with Gasteiger partial charge in [0.2, 0.25) is 5.76 Å². The standard InChI is InChI=1S/C11H16N2O4/c1-4-13(6-9(14)16-5-2)11(15)10-8(3)12-7-17-10/h7H,4-6H2,1-3H3. The first-order valence-electron chi connectivity index (χ1n) is 5.45. The fourth-order valence-electron chi connectivity index (χ4n) is 1.34. The molecule has 0 spiro atoms. The number of carbonyl (C=O) groups excluding carboxylic acids is 2. The predicted molar refractivity (Wildman–Crippen MR) is 59.5 cm³/mol. The van der Waals surface area contributed by atoms with Crippen molar-refractivity contribution in [3.8, 4) is 0 Å². The van der Waals surface area contributed by atoms with Crippen LogP contribution in [0.3, 0.4) is 0 Å². The fraction of sp³-hybridized carbons (Fsp3) is 0.545. The van der Waals surface area contributed by atoms with Gasteiger partial charge in [0.15, 0.2) is 6.39 Å². The van der Waals surface area contributed by atoms with E-state index < -0.39 is 5.97 Å². The van der Waals surface area contributed by atoms with Gasteiger partial charge in [0.25, 0.3) is 5.91 Å². The van der Waals surface area contributed by atoms with Crippen molar-refractivity contribution in [2.24, 2.45) is 0 Å². The molecule has 94 valence electrons. The minimum atomic E-state index is -0.431. The van der Waals surface area contributed by atoms with Crippen LogP contribution in [0.15, 0.2) is 10.8 Å². The fourth-order valence-corrected chi connectivity index (χ4v) is 1.34. The Kier molecular flexibility index (Phi) is 4.68. The maximum Gasteiger partial charge on any atom is 0.325 e. The van der Waals surface area contributed by atoms with Gasteiger partial charge in [0.1, 0.15) is 6.54 Å². The summed E-state index contributed by atoms with van der Waals surface area (Å²) in [5.41, 5.74) is 0.511. The minimum absolute atomic E-state index is 0.0800. The molecule has 0 aliphatic heterocycles. The highest BCUT2D eigenvalue weighted by atomic mass is 16.5. The number of aromatic nitrogens is 1. The van der Waals surface area contributed by atoms with Crippen LogP contribution in [-0.4, -0.2) is 41.5 Å². The molecule has 0 saturated carbocycles. The summed E-state index contributed by atoms with van der Waals surface area (Å²) in [6.07, 6.45) is 1.21. The van der Waals surface area contributed by atoms with E-state index in [1.54, 1.807) is 20.8 Å². The Morgan fingerprint density at radius 1 is 1.47 bits per heavy atom. The molecule has 6 nitrogen and oxygen atoms in total. The molecule has 0 aliphatic rings. The van der Waals surface area contributed by atoms with Crippen molar-refractivity contribution >= 4 is 11.9 Å². The second-order valence-electron chi connectivity index (χ2n) is 3.39. The Morgan fingerprint density at radius 3 is 2.65 bits per heavy atom. The molecular formula is C11H16N2O4. The average molecular weight is 240 g/mol. The van der Waals surface area contributed by atoms with Crippen LogP contribution in [0.1, 0.15) is 30.1 Å². The van der Waals surface area contributed by atoms with E-state index >= 15 is 0 Å². The van der Waals surface area contributed by atoms with Crippen LogP contribution in [0.2, 0.25) is 0 Å². The lowest BCUT2D eigenvalue weighted by molar-refractivity contribution is -0.143. The Hall–Kier alpha value is -1.85. The third-order valence-electron chi connectivity index (χ3n) is 2.23. The summed E-state index contributed by atoms with van der Waals surface area (Å²) in [5.74, 6) is -0.619. The topological polar surface area (TPSA) is 72.6 Å². The molecule has 0 aliphatic carbocycles. The summed E-state index contributed by atoms with van der Waals surface area (Å²) < 4.78 is 9.79. The zero-order valence-corrected chi connectivity index (χ0v) is 10.2. The van der Waals surface area contributed by atoms with Gasteiger partial charge in [-0.2, -0.15) is 0 Å². The SMILES string of the molecule is CCOC(=O)CN(CC)C(=O)c1ocnc1C. The van der Waals surface area contributed by atoms with Crippen LogP contribution in [0.4, 0.5) is 0 Å². The van der Waals surface area contributed by atoms with Crippen molar-refractivity contribution in [2.45, 2.75) is 20.8 Å². The van der Waals surface area contributed by atoms with Crippen molar-refractivity contribution in [1.29, 1.82) is 0 Å². The molecule has 1 aromatic rings. The van der Waals surface area contributed by atoms with Gasteiger partial charge in [-0.1, -0.05) is 0 Å². The summed E-state index contributed by atoms with van der Waals surface area (Å²) in [6, 6.07) is 0. The maximum atomic E-state index is 12.0. The lowest BCUT2D eigenvalue weighted by Gasteiger charge is -2.18. The highest BCUT2D eigenvalue weighted by Crippen LogP contribution is 2.09. The average Bonchev–Trinajstić information content (AvgIpc) is 2.72. The van der Waals surface area contributed by atoms with Gasteiger partial charge < -0.3 is 14.1 Å². The number of hydrogen-bond acceptors (Lipinski definition) is 5. The van der Waals surface area contributed by atoms with E-state index in [0.29, 0.717) is 18.8 Å². The van der Waals surface area contributed by atoms with E-state index in [1.165, 1.54) is 11.3 Å². The predicted octanol–water partition coefficient (Wildman–Crippen LogP) is 1.01. The van der Waals surface area contributed by atoms with Crippen LogP contribution >= 0.6 is 0 Å². The van der Waals surface area contributed by atoms with E-state index in [4.69, 9.17) is 9.15 Å². The number of oxazole rings is 1. The molecule has 17 heavy (non-hydrogen) atoms. The monoisotopic (exact) mass is 240 g/mol. The largest absolute Gasteiger partial charge is 0.465 e. The van der Waals surface area contributed by atoms with Crippen molar-refractivity contribution in [3.63, 3.8) is 0 Å². The smallest absolute Gasteiger partial charge is 0.325 e. The zero-order valence-electron chi connectivity index (χ0n) is 10.2. The number of nitrogens with zero attached hydrogens (tertiary/aromatic N) is 2. The molecular weight excluding hydrogens is 224 g/mol. The molecule has 6 heteroatoms. The first kappa shape index (κ1) is 13.2. The van der Waals surface area contributed by atoms with E-state index in [1.807, 2.05) is 0 Å². The molecule has 0 bridgehead atoms. The molecule has 0 saturated heterocycles. The molecule has 1 rings (SSSR count). The maximum absolute atomic E-state index is 12.0. The molecule has 0 fully saturated rings. The Balaban J connectivity index is 2.71. The van der Waals surface area contributed by atoms with Crippen molar-refractivity contribution < 1.29 is 18.7 Å². The van der Waals surface area contributed by atoms with Crippen LogP contribution < -0.4 is 0 Å². The molecule has 0 aromatic carbocycles. The van der Waals surface area contributed by atoms with Gasteiger partial charge in [-0.15, -0.1) is 0 Å². The van der Waals surface area contributed by atoms with Crippen molar-refractivity contribution in [3.05, 3.63) is 17.8 Å². The number of amides is 1. The van der Waals surface area contributed by atoms with Crippen LogP contribution in [0.25, 0.3) is 0 Å². The summed E-state index contributed by atoms with van der Waals surface area (Å²) in [6.45, 7) is 5.79. The minimum Gasteiger partial charge on any atom is -0.465 e. The highest BCUT2D eigenvalue weighted by molar-refractivity contribution is 5.94. The van der Waals surface area contributed by atoms with Crippen molar-refractivity contribution in [1.82, 2.24) is 9.88 Å². The number of rotatable bonds is 5. The second kappa shape index (κ2) is 6.03. The molecule has 0 radical (unpaired) electrons. The van der Waals surface area contributed by atoms with Crippen LogP contribution in [-0.2, 0) is 9.53 Å². The number of likely N-dealkylation sites (N-methyl/N-ethyl adjacent to an activating group) is 1. The van der Waals surface area contributed by atoms with Gasteiger partial charge >= 0.3 is 5.97 Å². The number of hydrogen-bond donors (Lipinski definition) is 0. The Labute approximate surface area is 99.6 Å². The lowest BCUT2D eigenvalue weighted by Crippen LogP contribution is -2.36. The Morgan fingerprint density at radius 2 is 2.18 bits per heavy atom. The molecule has 0 unspecified atom stereocenters. The number of aryl methyl sites for hydroxylation is 1. The summed E-state index contributed by atoms with van der Waals surface area (Å²) in [4.78, 5) is 28.5. The van der Waals surface area contributed by atoms with E-state index in [2.05, 4.69) is 4.98 Å². The zero-order chi connectivity index (χ0) is 12.8. The van der Waals surface area contributed by atoms with E-state index in [9.17, 15) is 9.59 Å². The van der Waals surface area contributed by atoms with E-state index in [0.717, 1.165) is 0 Å². The molecule has 0 atom stereocenters. The van der Waals surface area contributed by atoms with Crippen LogP contribution in [0.5, 0.6) is 0 Å². The first-order chi connectivity index (χ1) is 8.10. The number of carbonyl (C=O) groups is 2. The summed E-state index contributed by atoms with van der Waals surface area (Å²) in [5, 5.41) is 0. The summed E-state index contributed by atoms with van der Waals surface area (Å²) in [7, 11) is 0. The highest BCUT2D eigenvalue weighted by Gasteiger charge is 2.22. The second-order valence-corrected chi connectivity index (χ2v) is 3.39. The Bertz CT molecular complexity index is 400. The van der Waals surface area contributed by atoms with Gasteiger partial charge in [0.05, 0.1) is 12.3 Å².